The van der Waals surface area contributed by atoms with Crippen LogP contribution < -0.4 is 10.1 Å². The van der Waals surface area contributed by atoms with Crippen molar-refractivity contribution in [1.29, 1.82) is 0 Å². The fourth-order valence-corrected chi connectivity index (χ4v) is 4.05. The van der Waals surface area contributed by atoms with Crippen molar-refractivity contribution in [3.05, 3.63) is 71.8 Å². The van der Waals surface area contributed by atoms with Gasteiger partial charge in [0.05, 0.1) is 18.1 Å². The summed E-state index contributed by atoms with van der Waals surface area (Å²) in [6.45, 7) is 6.85. The normalized spacial score (nSPS) is 13.1. The van der Waals surface area contributed by atoms with Gasteiger partial charge < -0.3 is 29.8 Å². The Morgan fingerprint density at radius 3 is 2.38 bits per heavy atom. The average Bonchev–Trinajstić information content (AvgIpc) is 2.92. The van der Waals surface area contributed by atoms with Gasteiger partial charge in [-0.1, -0.05) is 63.2 Å². The first kappa shape index (κ1) is 32.6. The molecule has 2 rings (SSSR count). The standard InChI is InChI=1S/C30H41BN2O7/c1-4-18-33(31)19-23(34)20-39-25-13-9-8-12-24(25)26(15-14-22-10-6-5-7-11-22)40-28(36)17-16-27(35)32-29(21(2)3)30(37)38/h5-13,15,21,23,29,34H,4,14,16-20,31H2,1-3H3,(H,32,35)(H,37,38)/b26-15-. The molecule has 0 saturated carbocycles. The van der Waals surface area contributed by atoms with Gasteiger partial charge in [0.2, 0.25) is 5.91 Å². The number of carboxylic acid groups (broad SMARTS) is 1. The van der Waals surface area contributed by atoms with Crippen molar-refractivity contribution < 1.29 is 34.1 Å². The predicted molar refractivity (Wildman–Crippen MR) is 156 cm³/mol. The van der Waals surface area contributed by atoms with Crippen LogP contribution in [0.15, 0.2) is 60.7 Å². The summed E-state index contributed by atoms with van der Waals surface area (Å²) in [7, 11) is 1.94. The zero-order valence-corrected chi connectivity index (χ0v) is 23.8. The number of allylic oxidation sites excluding steroid dienone is 1. The van der Waals surface area contributed by atoms with Gasteiger partial charge in [-0.3, -0.25) is 9.59 Å². The number of carbonyl (C=O) groups excluding carboxylic acids is 2. The topological polar surface area (TPSA) is 125 Å². The Kier molecular flexibility index (Phi) is 14.0. The molecular formula is C30H41BN2O7. The van der Waals surface area contributed by atoms with Gasteiger partial charge in [0.25, 0.3) is 0 Å². The fourth-order valence-electron chi connectivity index (χ4n) is 4.05. The van der Waals surface area contributed by atoms with Crippen LogP contribution in [0.2, 0.25) is 0 Å². The number of hydrogen-bond donors (Lipinski definition) is 3. The molecule has 3 N–H and O–H groups in total. The number of aliphatic hydroxyl groups excluding tert-OH is 1. The molecule has 40 heavy (non-hydrogen) atoms. The Bertz CT molecular complexity index is 1120. The SMILES string of the molecule is BN(CCC)CC(O)COc1ccccc1/C(=C/Cc1ccccc1)OC(=O)CCC(=O)NC(C(=O)O)C(C)C. The number of aliphatic carboxylic acids is 1. The summed E-state index contributed by atoms with van der Waals surface area (Å²) in [5.41, 5.74) is 1.55. The van der Waals surface area contributed by atoms with E-state index in [4.69, 9.17) is 9.47 Å². The molecule has 0 aromatic heterocycles. The third-order valence-electron chi connectivity index (χ3n) is 6.11. The second-order valence-corrected chi connectivity index (χ2v) is 10.1. The molecule has 216 valence electrons. The molecule has 0 aliphatic carbocycles. The van der Waals surface area contributed by atoms with Crippen molar-refractivity contribution in [1.82, 2.24) is 10.1 Å². The number of amides is 1. The number of carboxylic acids is 1. The number of para-hydroxylation sites is 1. The van der Waals surface area contributed by atoms with Crippen molar-refractivity contribution >= 4 is 31.6 Å². The summed E-state index contributed by atoms with van der Waals surface area (Å²) in [4.78, 5) is 38.5. The number of rotatable bonds is 17. The predicted octanol–water partition coefficient (Wildman–Crippen LogP) is 2.82. The lowest BCUT2D eigenvalue weighted by atomic mass is 10.0. The minimum Gasteiger partial charge on any atom is -0.490 e. The highest BCUT2D eigenvalue weighted by Crippen LogP contribution is 2.28. The minimum atomic E-state index is -1.13. The molecule has 1 amide bonds. The number of ether oxygens (including phenoxy) is 2. The molecule has 10 heteroatoms. The summed E-state index contributed by atoms with van der Waals surface area (Å²) < 4.78 is 11.7. The first-order valence-electron chi connectivity index (χ1n) is 13.7. The maximum Gasteiger partial charge on any atom is 0.326 e. The van der Waals surface area contributed by atoms with Gasteiger partial charge in [0.1, 0.15) is 24.2 Å². The number of hydrogen-bond acceptors (Lipinski definition) is 7. The van der Waals surface area contributed by atoms with E-state index >= 15 is 0 Å². The third kappa shape index (κ3) is 11.6. The quantitative estimate of drug-likeness (QED) is 0.156. The summed E-state index contributed by atoms with van der Waals surface area (Å²) in [6, 6.07) is 15.7. The zero-order valence-electron chi connectivity index (χ0n) is 23.8. The van der Waals surface area contributed by atoms with E-state index in [9.17, 15) is 24.6 Å². The molecule has 0 spiro atoms. The van der Waals surface area contributed by atoms with E-state index in [0.29, 0.717) is 24.3 Å². The van der Waals surface area contributed by atoms with Crippen LogP contribution in [0.3, 0.4) is 0 Å². The molecule has 2 unspecified atom stereocenters. The van der Waals surface area contributed by atoms with Crippen LogP contribution in [0.5, 0.6) is 5.75 Å². The second-order valence-electron chi connectivity index (χ2n) is 10.1. The molecule has 9 nitrogen and oxygen atoms in total. The van der Waals surface area contributed by atoms with Crippen LogP contribution in [-0.4, -0.2) is 72.7 Å². The first-order chi connectivity index (χ1) is 19.1. The monoisotopic (exact) mass is 552 g/mol. The van der Waals surface area contributed by atoms with E-state index in [-0.39, 0.29) is 31.1 Å². The molecule has 0 heterocycles. The van der Waals surface area contributed by atoms with E-state index in [1.165, 1.54) is 0 Å². The summed E-state index contributed by atoms with van der Waals surface area (Å²) in [5, 5.41) is 22.2. The maximum atomic E-state index is 12.8. The molecule has 2 aromatic carbocycles. The van der Waals surface area contributed by atoms with Crippen molar-refractivity contribution in [2.45, 2.75) is 58.6 Å². The lowest BCUT2D eigenvalue weighted by molar-refractivity contribution is -0.143. The van der Waals surface area contributed by atoms with Gasteiger partial charge in [-0.05, 0) is 49.1 Å². The lowest BCUT2D eigenvalue weighted by Crippen LogP contribution is -2.44. The Balaban J connectivity index is 2.16. The fraction of sp³-hybridized carbons (Fsp3) is 0.433. The maximum absolute atomic E-state index is 12.8. The van der Waals surface area contributed by atoms with Crippen LogP contribution in [0.25, 0.3) is 5.76 Å². The Labute approximate surface area is 237 Å². The van der Waals surface area contributed by atoms with Crippen molar-refractivity contribution in [2.75, 3.05) is 19.7 Å². The van der Waals surface area contributed by atoms with Crippen molar-refractivity contribution in [2.24, 2.45) is 5.92 Å². The zero-order chi connectivity index (χ0) is 29.5. The molecule has 2 atom stereocenters. The van der Waals surface area contributed by atoms with Gasteiger partial charge in [-0.15, -0.1) is 0 Å². The molecule has 2 aromatic rings. The number of aliphatic hydroxyl groups is 1. The summed E-state index contributed by atoms with van der Waals surface area (Å²) in [6.07, 6.45) is 2.09. The number of carbonyl (C=O) groups is 3. The molecule has 0 aliphatic rings. The molecule has 0 aliphatic heterocycles. The van der Waals surface area contributed by atoms with Crippen molar-refractivity contribution in [3.8, 4) is 5.75 Å². The molecule has 0 saturated heterocycles. The minimum absolute atomic E-state index is 0.0613. The second kappa shape index (κ2) is 17.1. The van der Waals surface area contributed by atoms with Crippen LogP contribution >= 0.6 is 0 Å². The van der Waals surface area contributed by atoms with E-state index in [0.717, 1.165) is 18.5 Å². The van der Waals surface area contributed by atoms with E-state index in [1.807, 2.05) is 43.1 Å². The number of nitrogens with one attached hydrogen (secondary N) is 1. The Morgan fingerprint density at radius 2 is 1.73 bits per heavy atom. The smallest absolute Gasteiger partial charge is 0.326 e. The third-order valence-corrected chi connectivity index (χ3v) is 6.11. The summed E-state index contributed by atoms with van der Waals surface area (Å²) in [5.74, 6) is -1.89. The molecule has 0 fully saturated rings. The first-order valence-corrected chi connectivity index (χ1v) is 13.7. The number of esters is 1. The Hall–Kier alpha value is -3.63. The van der Waals surface area contributed by atoms with Gasteiger partial charge in [-0.2, -0.15) is 0 Å². The lowest BCUT2D eigenvalue weighted by Gasteiger charge is -2.21. The van der Waals surface area contributed by atoms with Crippen molar-refractivity contribution in [3.63, 3.8) is 0 Å². The van der Waals surface area contributed by atoms with Gasteiger partial charge in [0.15, 0.2) is 7.98 Å². The van der Waals surface area contributed by atoms with Crippen LogP contribution in [0, 0.1) is 5.92 Å². The number of nitrogens with zero attached hydrogens (tertiary/aromatic N) is 1. The average molecular weight is 552 g/mol. The highest BCUT2D eigenvalue weighted by Gasteiger charge is 2.24. The van der Waals surface area contributed by atoms with Crippen LogP contribution in [0.4, 0.5) is 0 Å². The highest BCUT2D eigenvalue weighted by atomic mass is 16.5. The van der Waals surface area contributed by atoms with E-state index < -0.39 is 30.0 Å². The molecular weight excluding hydrogens is 511 g/mol. The van der Waals surface area contributed by atoms with Gasteiger partial charge in [0, 0.05) is 13.0 Å². The van der Waals surface area contributed by atoms with Gasteiger partial charge >= 0.3 is 11.9 Å². The van der Waals surface area contributed by atoms with E-state index in [2.05, 4.69) is 12.2 Å². The van der Waals surface area contributed by atoms with Crippen LogP contribution in [-0.2, 0) is 25.5 Å². The Morgan fingerprint density at radius 1 is 1.05 bits per heavy atom. The van der Waals surface area contributed by atoms with Gasteiger partial charge in [-0.25, -0.2) is 4.79 Å². The number of benzene rings is 2. The van der Waals surface area contributed by atoms with E-state index in [1.54, 1.807) is 44.2 Å². The summed E-state index contributed by atoms with van der Waals surface area (Å²) >= 11 is 0. The highest BCUT2D eigenvalue weighted by molar-refractivity contribution is 6.04. The molecule has 0 bridgehead atoms. The van der Waals surface area contributed by atoms with Crippen LogP contribution in [0.1, 0.15) is 51.2 Å². The molecule has 0 radical (unpaired) electrons. The largest absolute Gasteiger partial charge is 0.490 e.